The average Bonchev–Trinajstić information content (AvgIpc) is 2.97. The number of nitrogens with one attached hydrogen (secondary N) is 1. The van der Waals surface area contributed by atoms with E-state index < -0.39 is 17.8 Å². The van der Waals surface area contributed by atoms with Crippen LogP contribution in [0.3, 0.4) is 0 Å². The van der Waals surface area contributed by atoms with Crippen molar-refractivity contribution in [1.29, 1.82) is 0 Å². The van der Waals surface area contributed by atoms with Crippen molar-refractivity contribution in [2.75, 3.05) is 12.4 Å². The van der Waals surface area contributed by atoms with Crippen molar-refractivity contribution < 1.29 is 22.7 Å². The third-order valence-electron chi connectivity index (χ3n) is 3.41. The summed E-state index contributed by atoms with van der Waals surface area (Å²) in [7, 11) is 1.48. The fourth-order valence-corrected chi connectivity index (χ4v) is 2.31. The number of nitrogens with zero attached hydrogens (tertiary/aromatic N) is 3. The molecule has 0 aliphatic carbocycles. The molecular formula is C16H13F3N4O2. The van der Waals surface area contributed by atoms with Crippen molar-refractivity contribution in [3.05, 3.63) is 53.5 Å². The van der Waals surface area contributed by atoms with Crippen molar-refractivity contribution in [3.63, 3.8) is 0 Å². The second kappa shape index (κ2) is 6.08. The Morgan fingerprint density at radius 2 is 2.00 bits per heavy atom. The standard InChI is InChI=1S/C16H13F3N4O2/c1-9-6-13(16(17,18)19)23-14(20-9)8-12(22-23)15(24)21-10-4-3-5-11(7-10)25-2/h3-8H,1-2H3,(H,21,24). The molecule has 0 aliphatic rings. The molecule has 3 aromatic rings. The summed E-state index contributed by atoms with van der Waals surface area (Å²) in [5.41, 5.74) is -0.606. The summed E-state index contributed by atoms with van der Waals surface area (Å²) in [6.45, 7) is 1.44. The predicted octanol–water partition coefficient (Wildman–Crippen LogP) is 3.32. The summed E-state index contributed by atoms with van der Waals surface area (Å²) in [5, 5.41) is 6.31. The second-order valence-corrected chi connectivity index (χ2v) is 5.27. The molecule has 2 heterocycles. The zero-order chi connectivity index (χ0) is 18.2. The number of aryl methyl sites for hydroxylation is 1. The maximum atomic E-state index is 13.1. The number of carbonyl (C=O) groups excluding carboxylic acids is 1. The van der Waals surface area contributed by atoms with Gasteiger partial charge >= 0.3 is 6.18 Å². The van der Waals surface area contributed by atoms with Crippen molar-refractivity contribution in [2.24, 2.45) is 0 Å². The second-order valence-electron chi connectivity index (χ2n) is 5.27. The Balaban J connectivity index is 1.97. The first-order valence-corrected chi connectivity index (χ1v) is 7.18. The van der Waals surface area contributed by atoms with Crippen LogP contribution in [0.2, 0.25) is 0 Å². The van der Waals surface area contributed by atoms with Crippen LogP contribution in [-0.4, -0.2) is 27.6 Å². The van der Waals surface area contributed by atoms with Gasteiger partial charge < -0.3 is 10.1 Å². The zero-order valence-electron chi connectivity index (χ0n) is 13.3. The van der Waals surface area contributed by atoms with Gasteiger partial charge in [0.25, 0.3) is 5.91 Å². The fraction of sp³-hybridized carbons (Fsp3) is 0.188. The van der Waals surface area contributed by atoms with E-state index in [9.17, 15) is 18.0 Å². The summed E-state index contributed by atoms with van der Waals surface area (Å²) in [4.78, 5) is 16.3. The minimum Gasteiger partial charge on any atom is -0.497 e. The first kappa shape index (κ1) is 16.7. The topological polar surface area (TPSA) is 68.5 Å². The van der Waals surface area contributed by atoms with Gasteiger partial charge in [-0.05, 0) is 25.1 Å². The van der Waals surface area contributed by atoms with Crippen LogP contribution in [0.15, 0.2) is 36.4 Å². The van der Waals surface area contributed by atoms with E-state index in [0.29, 0.717) is 16.0 Å². The molecule has 6 nitrogen and oxygen atoms in total. The van der Waals surface area contributed by atoms with Crippen LogP contribution >= 0.6 is 0 Å². The molecule has 0 saturated heterocycles. The molecular weight excluding hydrogens is 337 g/mol. The molecule has 0 bridgehead atoms. The Labute approximate surface area is 140 Å². The van der Waals surface area contributed by atoms with E-state index in [4.69, 9.17) is 4.74 Å². The monoisotopic (exact) mass is 350 g/mol. The van der Waals surface area contributed by atoms with Crippen LogP contribution < -0.4 is 10.1 Å². The van der Waals surface area contributed by atoms with Crippen LogP contribution in [0.1, 0.15) is 21.9 Å². The number of fused-ring (bicyclic) bond motifs is 1. The molecule has 1 N–H and O–H groups in total. The highest BCUT2D eigenvalue weighted by molar-refractivity contribution is 6.03. The summed E-state index contributed by atoms with van der Waals surface area (Å²) < 4.78 is 45.1. The minimum atomic E-state index is -4.61. The number of hydrogen-bond donors (Lipinski definition) is 1. The molecule has 1 aromatic carbocycles. The predicted molar refractivity (Wildman–Crippen MR) is 83.7 cm³/mol. The SMILES string of the molecule is COc1cccc(NC(=O)c2cc3nc(C)cc(C(F)(F)F)n3n2)c1. The van der Waals surface area contributed by atoms with Gasteiger partial charge in [0.15, 0.2) is 11.3 Å². The molecule has 0 radical (unpaired) electrons. The average molecular weight is 350 g/mol. The van der Waals surface area contributed by atoms with Gasteiger partial charge in [-0.25, -0.2) is 9.50 Å². The molecule has 3 rings (SSSR count). The molecule has 1 amide bonds. The Morgan fingerprint density at radius 3 is 2.68 bits per heavy atom. The lowest BCUT2D eigenvalue weighted by Crippen LogP contribution is -2.15. The smallest absolute Gasteiger partial charge is 0.433 e. The number of benzene rings is 1. The fourth-order valence-electron chi connectivity index (χ4n) is 2.31. The Bertz CT molecular complexity index is 950. The quantitative estimate of drug-likeness (QED) is 0.787. The van der Waals surface area contributed by atoms with E-state index in [0.717, 1.165) is 6.07 Å². The largest absolute Gasteiger partial charge is 0.497 e. The van der Waals surface area contributed by atoms with Crippen LogP contribution in [0, 0.1) is 6.92 Å². The number of amides is 1. The molecule has 2 aromatic heterocycles. The van der Waals surface area contributed by atoms with Crippen LogP contribution in [0.4, 0.5) is 18.9 Å². The number of halogens is 3. The van der Waals surface area contributed by atoms with Crippen LogP contribution in [0.5, 0.6) is 5.75 Å². The van der Waals surface area contributed by atoms with E-state index in [1.54, 1.807) is 24.3 Å². The summed E-state index contributed by atoms with van der Waals surface area (Å²) in [6.07, 6.45) is -4.61. The highest BCUT2D eigenvalue weighted by atomic mass is 19.4. The maximum absolute atomic E-state index is 13.1. The van der Waals surface area contributed by atoms with Gasteiger partial charge in [0.05, 0.1) is 7.11 Å². The lowest BCUT2D eigenvalue weighted by Gasteiger charge is -2.09. The third-order valence-corrected chi connectivity index (χ3v) is 3.41. The van der Waals surface area contributed by atoms with E-state index in [2.05, 4.69) is 15.4 Å². The summed E-state index contributed by atoms with van der Waals surface area (Å²) in [6, 6.07) is 8.66. The van der Waals surface area contributed by atoms with Gasteiger partial charge in [0, 0.05) is 23.5 Å². The molecule has 25 heavy (non-hydrogen) atoms. The van der Waals surface area contributed by atoms with Crippen molar-refractivity contribution >= 4 is 17.2 Å². The lowest BCUT2D eigenvalue weighted by molar-refractivity contribution is -0.142. The molecule has 0 atom stereocenters. The highest BCUT2D eigenvalue weighted by Crippen LogP contribution is 2.30. The number of methoxy groups -OCH3 is 1. The summed E-state index contributed by atoms with van der Waals surface area (Å²) >= 11 is 0. The minimum absolute atomic E-state index is 0.0527. The number of hydrogen-bond acceptors (Lipinski definition) is 4. The van der Waals surface area contributed by atoms with Crippen molar-refractivity contribution in [1.82, 2.24) is 14.6 Å². The van der Waals surface area contributed by atoms with Gasteiger partial charge in [0.1, 0.15) is 11.4 Å². The van der Waals surface area contributed by atoms with Crippen LogP contribution in [-0.2, 0) is 6.18 Å². The van der Waals surface area contributed by atoms with Crippen molar-refractivity contribution in [3.8, 4) is 5.75 Å². The molecule has 0 fully saturated rings. The molecule has 0 aliphatic heterocycles. The number of ether oxygens (including phenoxy) is 1. The molecule has 0 saturated carbocycles. The first-order valence-electron chi connectivity index (χ1n) is 7.18. The number of aromatic nitrogens is 3. The van der Waals surface area contributed by atoms with E-state index in [1.165, 1.54) is 20.1 Å². The number of alkyl halides is 3. The maximum Gasteiger partial charge on any atom is 0.433 e. The Hall–Kier alpha value is -3.10. The van der Waals surface area contributed by atoms with Crippen LogP contribution in [0.25, 0.3) is 5.65 Å². The van der Waals surface area contributed by atoms with Gasteiger partial charge in [-0.2, -0.15) is 18.3 Å². The molecule has 0 spiro atoms. The lowest BCUT2D eigenvalue weighted by atomic mass is 10.3. The zero-order valence-corrected chi connectivity index (χ0v) is 13.3. The molecule has 9 heteroatoms. The number of carbonyl (C=O) groups is 1. The molecule has 0 unspecified atom stereocenters. The van der Waals surface area contributed by atoms with E-state index in [-0.39, 0.29) is 17.0 Å². The van der Waals surface area contributed by atoms with E-state index in [1.807, 2.05) is 0 Å². The first-order chi connectivity index (χ1) is 11.8. The van der Waals surface area contributed by atoms with Crippen molar-refractivity contribution in [2.45, 2.75) is 13.1 Å². The summed E-state index contributed by atoms with van der Waals surface area (Å²) in [5.74, 6) is -0.117. The van der Waals surface area contributed by atoms with Gasteiger partial charge in [-0.1, -0.05) is 6.07 Å². The van der Waals surface area contributed by atoms with E-state index >= 15 is 0 Å². The highest BCUT2D eigenvalue weighted by Gasteiger charge is 2.35. The van der Waals surface area contributed by atoms with Gasteiger partial charge in [-0.15, -0.1) is 0 Å². The Kier molecular flexibility index (Phi) is 4.07. The molecule has 130 valence electrons. The number of anilines is 1. The number of rotatable bonds is 3. The third kappa shape index (κ3) is 3.39. The van der Waals surface area contributed by atoms with Gasteiger partial charge in [0.2, 0.25) is 0 Å². The van der Waals surface area contributed by atoms with Gasteiger partial charge in [-0.3, -0.25) is 4.79 Å². The Morgan fingerprint density at radius 1 is 1.24 bits per heavy atom. The normalized spacial score (nSPS) is 11.6.